The lowest BCUT2D eigenvalue weighted by Crippen LogP contribution is -2.19. The van der Waals surface area contributed by atoms with Crippen LogP contribution in [0.1, 0.15) is 54.4 Å². The van der Waals surface area contributed by atoms with Gasteiger partial charge in [0.1, 0.15) is 0 Å². The SMILES string of the molecule is CC1CCC(c2ccc(S(C)(=O)=O)cc2C(N)=O)CC1. The standard InChI is InChI=1S/C15H21NO3S/c1-10-3-5-11(6-4-10)13-8-7-12(20(2,18)19)9-14(13)15(16)17/h7-11H,3-6H2,1-2H3,(H2,16,17). The van der Waals surface area contributed by atoms with Crippen LogP contribution in [0.5, 0.6) is 0 Å². The van der Waals surface area contributed by atoms with Gasteiger partial charge in [0.2, 0.25) is 5.91 Å². The monoisotopic (exact) mass is 295 g/mol. The smallest absolute Gasteiger partial charge is 0.249 e. The third-order valence-corrected chi connectivity index (χ3v) is 5.28. The van der Waals surface area contributed by atoms with E-state index in [4.69, 9.17) is 5.73 Å². The first-order valence-electron chi connectivity index (χ1n) is 6.93. The molecule has 0 atom stereocenters. The summed E-state index contributed by atoms with van der Waals surface area (Å²) in [5, 5.41) is 0. The van der Waals surface area contributed by atoms with E-state index in [0.29, 0.717) is 11.5 Å². The zero-order chi connectivity index (χ0) is 14.9. The van der Waals surface area contributed by atoms with Crippen molar-refractivity contribution >= 4 is 15.7 Å². The Morgan fingerprint density at radius 3 is 2.30 bits per heavy atom. The number of primary amides is 1. The third-order valence-electron chi connectivity index (χ3n) is 4.17. The Hall–Kier alpha value is -1.36. The van der Waals surface area contributed by atoms with E-state index in [1.807, 2.05) is 0 Å². The first-order valence-corrected chi connectivity index (χ1v) is 8.82. The molecule has 1 aliphatic carbocycles. The van der Waals surface area contributed by atoms with Gasteiger partial charge in [0.25, 0.3) is 0 Å². The highest BCUT2D eigenvalue weighted by Gasteiger charge is 2.24. The van der Waals surface area contributed by atoms with Crippen molar-refractivity contribution in [1.29, 1.82) is 0 Å². The quantitative estimate of drug-likeness (QED) is 0.930. The molecule has 0 spiro atoms. The fourth-order valence-electron chi connectivity index (χ4n) is 2.91. The van der Waals surface area contributed by atoms with Crippen molar-refractivity contribution in [3.63, 3.8) is 0 Å². The summed E-state index contributed by atoms with van der Waals surface area (Å²) >= 11 is 0. The highest BCUT2D eigenvalue weighted by Crippen LogP contribution is 2.37. The fourth-order valence-corrected chi connectivity index (χ4v) is 3.55. The molecule has 0 aromatic heterocycles. The van der Waals surface area contributed by atoms with Gasteiger partial charge >= 0.3 is 0 Å². The number of nitrogens with two attached hydrogens (primary N) is 1. The molecule has 0 radical (unpaired) electrons. The van der Waals surface area contributed by atoms with Crippen LogP contribution in [0.15, 0.2) is 23.1 Å². The van der Waals surface area contributed by atoms with Gasteiger partial charge in [-0.25, -0.2) is 8.42 Å². The number of carbonyl (C=O) groups is 1. The fraction of sp³-hybridized carbons (Fsp3) is 0.533. The van der Waals surface area contributed by atoms with Crippen molar-refractivity contribution in [3.8, 4) is 0 Å². The van der Waals surface area contributed by atoms with Crippen molar-refractivity contribution in [3.05, 3.63) is 29.3 Å². The normalized spacial score (nSPS) is 23.5. The summed E-state index contributed by atoms with van der Waals surface area (Å²) in [5.41, 5.74) is 6.68. The Bertz CT molecular complexity index is 614. The Kier molecular flexibility index (Phi) is 4.18. The largest absolute Gasteiger partial charge is 0.366 e. The molecule has 1 amide bonds. The van der Waals surface area contributed by atoms with E-state index in [9.17, 15) is 13.2 Å². The number of sulfone groups is 1. The predicted octanol–water partition coefficient (Wildman–Crippen LogP) is 2.48. The Balaban J connectivity index is 2.41. The summed E-state index contributed by atoms with van der Waals surface area (Å²) < 4.78 is 23.2. The van der Waals surface area contributed by atoms with Gasteiger partial charge in [0, 0.05) is 11.8 Å². The Morgan fingerprint density at radius 1 is 1.20 bits per heavy atom. The van der Waals surface area contributed by atoms with Crippen LogP contribution in [0.25, 0.3) is 0 Å². The van der Waals surface area contributed by atoms with Gasteiger partial charge in [-0.15, -0.1) is 0 Å². The number of hydrogen-bond donors (Lipinski definition) is 1. The zero-order valence-electron chi connectivity index (χ0n) is 11.9. The number of benzene rings is 1. The molecule has 1 aromatic rings. The summed E-state index contributed by atoms with van der Waals surface area (Å²) in [6.07, 6.45) is 5.46. The Morgan fingerprint density at radius 2 is 1.80 bits per heavy atom. The van der Waals surface area contributed by atoms with E-state index >= 15 is 0 Å². The molecule has 0 saturated heterocycles. The van der Waals surface area contributed by atoms with Gasteiger partial charge in [-0.05, 0) is 42.4 Å². The van der Waals surface area contributed by atoms with Crippen LogP contribution in [0.3, 0.4) is 0 Å². The molecule has 0 aliphatic heterocycles. The lowest BCUT2D eigenvalue weighted by Gasteiger charge is -2.27. The van der Waals surface area contributed by atoms with E-state index in [2.05, 4.69) is 6.92 Å². The maximum absolute atomic E-state index is 11.6. The molecule has 1 fully saturated rings. The second-order valence-electron chi connectivity index (χ2n) is 5.84. The number of hydrogen-bond acceptors (Lipinski definition) is 3. The van der Waals surface area contributed by atoms with Crippen molar-refractivity contribution in [2.75, 3.05) is 6.26 Å². The molecule has 20 heavy (non-hydrogen) atoms. The molecule has 1 aromatic carbocycles. The topological polar surface area (TPSA) is 77.2 Å². The van der Waals surface area contributed by atoms with Crippen LogP contribution < -0.4 is 5.73 Å². The molecule has 2 rings (SSSR count). The summed E-state index contributed by atoms with van der Waals surface area (Å²) in [7, 11) is -3.32. The number of rotatable bonds is 3. The predicted molar refractivity (Wildman–Crippen MR) is 78.4 cm³/mol. The maximum Gasteiger partial charge on any atom is 0.249 e. The molecule has 0 heterocycles. The summed E-state index contributed by atoms with van der Waals surface area (Å²) in [6.45, 7) is 2.23. The van der Waals surface area contributed by atoms with Crippen LogP contribution in [0.2, 0.25) is 0 Å². The molecule has 4 nitrogen and oxygen atoms in total. The van der Waals surface area contributed by atoms with Crippen LogP contribution in [-0.4, -0.2) is 20.6 Å². The number of carbonyl (C=O) groups excluding carboxylic acids is 1. The van der Waals surface area contributed by atoms with E-state index in [-0.39, 0.29) is 4.90 Å². The number of amides is 1. The second kappa shape index (κ2) is 5.56. The second-order valence-corrected chi connectivity index (χ2v) is 7.86. The van der Waals surface area contributed by atoms with Crippen LogP contribution in [-0.2, 0) is 9.84 Å². The van der Waals surface area contributed by atoms with Crippen molar-refractivity contribution < 1.29 is 13.2 Å². The molecule has 1 saturated carbocycles. The average molecular weight is 295 g/mol. The summed E-state index contributed by atoms with van der Waals surface area (Å²) in [6, 6.07) is 4.76. The van der Waals surface area contributed by atoms with Crippen molar-refractivity contribution in [1.82, 2.24) is 0 Å². The van der Waals surface area contributed by atoms with Crippen LogP contribution in [0, 0.1) is 5.92 Å². The summed E-state index contributed by atoms with van der Waals surface area (Å²) in [5.74, 6) is 0.477. The van der Waals surface area contributed by atoms with Crippen LogP contribution >= 0.6 is 0 Å². The molecule has 110 valence electrons. The molecule has 5 heteroatoms. The molecular formula is C15H21NO3S. The van der Waals surface area contributed by atoms with Crippen molar-refractivity contribution in [2.45, 2.75) is 43.4 Å². The van der Waals surface area contributed by atoms with E-state index in [0.717, 1.165) is 43.4 Å². The molecule has 1 aliphatic rings. The minimum absolute atomic E-state index is 0.152. The van der Waals surface area contributed by atoms with Gasteiger partial charge < -0.3 is 5.73 Å². The van der Waals surface area contributed by atoms with Crippen LogP contribution in [0.4, 0.5) is 0 Å². The van der Waals surface area contributed by atoms with E-state index in [1.54, 1.807) is 12.1 Å². The minimum atomic E-state index is -3.32. The minimum Gasteiger partial charge on any atom is -0.366 e. The lowest BCUT2D eigenvalue weighted by molar-refractivity contribution is 0.0998. The molecule has 0 unspecified atom stereocenters. The van der Waals surface area contributed by atoms with Gasteiger partial charge in [-0.3, -0.25) is 4.79 Å². The van der Waals surface area contributed by atoms with Gasteiger partial charge in [-0.1, -0.05) is 25.8 Å². The lowest BCUT2D eigenvalue weighted by atomic mass is 9.78. The third kappa shape index (κ3) is 3.20. The highest BCUT2D eigenvalue weighted by molar-refractivity contribution is 7.90. The van der Waals surface area contributed by atoms with Gasteiger partial charge in [-0.2, -0.15) is 0 Å². The highest BCUT2D eigenvalue weighted by atomic mass is 32.2. The van der Waals surface area contributed by atoms with Gasteiger partial charge in [0.05, 0.1) is 4.90 Å². The first-order chi connectivity index (χ1) is 9.29. The van der Waals surface area contributed by atoms with Crippen molar-refractivity contribution in [2.24, 2.45) is 11.7 Å². The molecule has 0 bridgehead atoms. The average Bonchev–Trinajstić information content (AvgIpc) is 2.38. The zero-order valence-corrected chi connectivity index (χ0v) is 12.7. The maximum atomic E-state index is 11.6. The van der Waals surface area contributed by atoms with E-state index < -0.39 is 15.7 Å². The first kappa shape index (κ1) is 15.0. The van der Waals surface area contributed by atoms with E-state index in [1.165, 1.54) is 6.07 Å². The molecule has 2 N–H and O–H groups in total. The summed E-state index contributed by atoms with van der Waals surface area (Å²) in [4.78, 5) is 11.8. The Labute approximate surface area is 120 Å². The molecular weight excluding hydrogens is 274 g/mol. The van der Waals surface area contributed by atoms with Gasteiger partial charge in [0.15, 0.2) is 9.84 Å².